The standard InChI is InChI=1S/C19H22ClN5O5S/c1-23(2)8-9-24(3)31(29,30)17-10-12(15(26)11-16(17)27)18-21-22-19(28)25(18)14-7-5-4-6-13(14)20/h4-7,10-11,26-27H,8-9H2,1-3H3,(H,22,28). The van der Waals surface area contributed by atoms with Gasteiger partial charge in [0.25, 0.3) is 0 Å². The maximum atomic E-state index is 13.0. The summed E-state index contributed by atoms with van der Waals surface area (Å²) in [5.74, 6) is -1.13. The number of sulfonamides is 1. The van der Waals surface area contributed by atoms with Crippen molar-refractivity contribution in [2.45, 2.75) is 4.90 Å². The van der Waals surface area contributed by atoms with Gasteiger partial charge in [-0.2, -0.15) is 4.31 Å². The fraction of sp³-hybridized carbons (Fsp3) is 0.263. The van der Waals surface area contributed by atoms with Gasteiger partial charge < -0.3 is 20.2 Å². The van der Waals surface area contributed by atoms with E-state index in [1.54, 1.807) is 24.3 Å². The fourth-order valence-corrected chi connectivity index (χ4v) is 4.35. The van der Waals surface area contributed by atoms with Crippen LogP contribution < -0.4 is 0 Å². The smallest absolute Gasteiger partial charge is 0.319 e. The molecule has 2 aromatic carbocycles. The van der Waals surface area contributed by atoms with Crippen LogP contribution in [-0.2, 0) is 10.0 Å². The molecular formula is C19H22ClN5O5S. The largest absolute Gasteiger partial charge is 0.507 e. The van der Waals surface area contributed by atoms with Gasteiger partial charge in [-0.1, -0.05) is 28.8 Å². The van der Waals surface area contributed by atoms with Crippen molar-refractivity contribution in [3.8, 4) is 34.6 Å². The SMILES string of the molecule is CN(C)CCN(C)S(=O)(=O)c1cc(-c2nnc(O)n2-c2ccccc2Cl)c(O)cc1O. The number of aromatic hydroxyl groups is 3. The molecule has 0 saturated carbocycles. The Morgan fingerprint density at radius 1 is 1.00 bits per heavy atom. The van der Waals surface area contributed by atoms with E-state index in [0.29, 0.717) is 12.2 Å². The number of hydrogen-bond acceptors (Lipinski definition) is 8. The highest BCUT2D eigenvalue weighted by Gasteiger charge is 2.28. The van der Waals surface area contributed by atoms with Crippen LogP contribution in [0.25, 0.3) is 17.1 Å². The van der Waals surface area contributed by atoms with Crippen molar-refractivity contribution in [3.05, 3.63) is 41.4 Å². The summed E-state index contributed by atoms with van der Waals surface area (Å²) in [5.41, 5.74) is 0.256. The number of benzene rings is 2. The average Bonchev–Trinajstić information content (AvgIpc) is 3.07. The van der Waals surface area contributed by atoms with Gasteiger partial charge in [-0.3, -0.25) is 0 Å². The van der Waals surface area contributed by atoms with Crippen LogP contribution in [0.1, 0.15) is 0 Å². The van der Waals surface area contributed by atoms with Gasteiger partial charge in [-0.15, -0.1) is 5.10 Å². The van der Waals surface area contributed by atoms with Crippen LogP contribution >= 0.6 is 11.6 Å². The predicted octanol–water partition coefficient (Wildman–Crippen LogP) is 1.89. The molecule has 0 bridgehead atoms. The molecule has 0 saturated heterocycles. The number of aromatic nitrogens is 3. The Bertz CT molecular complexity index is 1210. The van der Waals surface area contributed by atoms with Gasteiger partial charge >= 0.3 is 6.01 Å². The van der Waals surface area contributed by atoms with Crippen molar-refractivity contribution < 1.29 is 23.7 Å². The van der Waals surface area contributed by atoms with E-state index in [9.17, 15) is 23.7 Å². The predicted molar refractivity (Wildman–Crippen MR) is 115 cm³/mol. The lowest BCUT2D eigenvalue weighted by Crippen LogP contribution is -2.33. The molecule has 0 radical (unpaired) electrons. The lowest BCUT2D eigenvalue weighted by molar-refractivity contribution is 0.357. The Morgan fingerprint density at radius 2 is 1.68 bits per heavy atom. The topological polar surface area (TPSA) is 132 Å². The molecule has 10 nitrogen and oxygen atoms in total. The van der Waals surface area contributed by atoms with Crippen molar-refractivity contribution in [2.75, 3.05) is 34.2 Å². The third-order valence-corrected chi connectivity index (χ3v) is 6.81. The first-order valence-corrected chi connectivity index (χ1v) is 10.9. The number of para-hydroxylation sites is 1. The lowest BCUT2D eigenvalue weighted by Gasteiger charge is -2.20. The van der Waals surface area contributed by atoms with Crippen LogP contribution in [0.15, 0.2) is 41.3 Å². The van der Waals surface area contributed by atoms with E-state index < -0.39 is 32.4 Å². The van der Waals surface area contributed by atoms with Gasteiger partial charge in [0.2, 0.25) is 10.0 Å². The highest BCUT2D eigenvalue weighted by atomic mass is 35.5. The molecule has 166 valence electrons. The first-order valence-electron chi connectivity index (χ1n) is 9.10. The summed E-state index contributed by atoms with van der Waals surface area (Å²) in [4.78, 5) is 1.40. The average molecular weight is 468 g/mol. The zero-order chi connectivity index (χ0) is 22.9. The van der Waals surface area contributed by atoms with Gasteiger partial charge in [-0.05, 0) is 32.3 Å². The van der Waals surface area contributed by atoms with Gasteiger partial charge in [0.05, 0.1) is 16.3 Å². The molecule has 1 heterocycles. The second-order valence-corrected chi connectivity index (χ2v) is 9.50. The summed E-state index contributed by atoms with van der Waals surface area (Å²) in [7, 11) is 0.920. The van der Waals surface area contributed by atoms with E-state index in [-0.39, 0.29) is 23.0 Å². The molecule has 0 aliphatic carbocycles. The first kappa shape index (κ1) is 22.8. The van der Waals surface area contributed by atoms with Crippen molar-refractivity contribution in [1.82, 2.24) is 24.0 Å². The van der Waals surface area contributed by atoms with Crippen LogP contribution in [0, 0.1) is 0 Å². The normalized spacial score (nSPS) is 12.1. The summed E-state index contributed by atoms with van der Waals surface area (Å²) in [6.45, 7) is 0.651. The molecule has 0 aliphatic heterocycles. The number of nitrogens with zero attached hydrogens (tertiary/aromatic N) is 5. The van der Waals surface area contributed by atoms with Gasteiger partial charge in [-0.25, -0.2) is 13.0 Å². The van der Waals surface area contributed by atoms with Crippen molar-refractivity contribution in [1.29, 1.82) is 0 Å². The molecule has 3 aromatic rings. The minimum absolute atomic E-state index is 0.0597. The maximum Gasteiger partial charge on any atom is 0.319 e. The van der Waals surface area contributed by atoms with Crippen molar-refractivity contribution in [3.63, 3.8) is 0 Å². The van der Waals surface area contributed by atoms with Crippen molar-refractivity contribution >= 4 is 21.6 Å². The quantitative estimate of drug-likeness (QED) is 0.480. The maximum absolute atomic E-state index is 13.0. The van der Waals surface area contributed by atoms with E-state index in [1.807, 2.05) is 19.0 Å². The number of phenolic OH excluding ortho intramolecular Hbond substituents is 2. The molecule has 0 fully saturated rings. The zero-order valence-electron chi connectivity index (χ0n) is 17.1. The summed E-state index contributed by atoms with van der Waals surface area (Å²) in [6, 6.07) is 8.04. The van der Waals surface area contributed by atoms with Gasteiger partial charge in [0, 0.05) is 26.2 Å². The second kappa shape index (κ2) is 8.71. The zero-order valence-corrected chi connectivity index (χ0v) is 18.6. The second-order valence-electron chi connectivity index (χ2n) is 7.08. The van der Waals surface area contributed by atoms with E-state index in [4.69, 9.17) is 11.6 Å². The third kappa shape index (κ3) is 4.44. The summed E-state index contributed by atoms with van der Waals surface area (Å²) >= 11 is 6.22. The van der Waals surface area contributed by atoms with E-state index in [1.165, 1.54) is 11.6 Å². The highest BCUT2D eigenvalue weighted by molar-refractivity contribution is 7.89. The molecule has 31 heavy (non-hydrogen) atoms. The van der Waals surface area contributed by atoms with Gasteiger partial charge in [0.15, 0.2) is 5.82 Å². The molecule has 0 atom stereocenters. The Kier molecular flexibility index (Phi) is 6.41. The molecule has 0 spiro atoms. The summed E-state index contributed by atoms with van der Waals surface area (Å²) < 4.78 is 28.3. The van der Waals surface area contributed by atoms with Crippen LogP contribution in [-0.4, -0.2) is 81.9 Å². The summed E-state index contributed by atoms with van der Waals surface area (Å²) in [6.07, 6.45) is 0. The van der Waals surface area contributed by atoms with E-state index >= 15 is 0 Å². The van der Waals surface area contributed by atoms with Crippen LogP contribution in [0.4, 0.5) is 0 Å². The van der Waals surface area contributed by atoms with E-state index in [2.05, 4.69) is 10.2 Å². The number of phenols is 2. The Balaban J connectivity index is 2.15. The highest BCUT2D eigenvalue weighted by Crippen LogP contribution is 2.39. The molecule has 3 rings (SSSR count). The van der Waals surface area contributed by atoms with Crippen LogP contribution in [0.5, 0.6) is 17.5 Å². The molecule has 0 aliphatic rings. The van der Waals surface area contributed by atoms with Crippen LogP contribution in [0.3, 0.4) is 0 Å². The van der Waals surface area contributed by atoms with Crippen LogP contribution in [0.2, 0.25) is 5.02 Å². The van der Waals surface area contributed by atoms with Crippen molar-refractivity contribution in [2.24, 2.45) is 0 Å². The lowest BCUT2D eigenvalue weighted by atomic mass is 10.1. The number of likely N-dealkylation sites (N-methyl/N-ethyl adjacent to an activating group) is 2. The number of rotatable bonds is 7. The Hall–Kier alpha value is -2.86. The Morgan fingerprint density at radius 3 is 2.32 bits per heavy atom. The molecule has 0 unspecified atom stereocenters. The van der Waals surface area contributed by atoms with Gasteiger partial charge in [0.1, 0.15) is 16.4 Å². The third-order valence-electron chi connectivity index (χ3n) is 4.61. The first-order chi connectivity index (χ1) is 14.5. The molecule has 1 aromatic heterocycles. The number of hydrogen-bond donors (Lipinski definition) is 3. The number of halogens is 1. The minimum atomic E-state index is -4.09. The molecule has 12 heteroatoms. The molecule has 0 amide bonds. The Labute approximate surface area is 184 Å². The minimum Gasteiger partial charge on any atom is -0.507 e. The fourth-order valence-electron chi connectivity index (χ4n) is 2.88. The summed E-state index contributed by atoms with van der Waals surface area (Å²) in [5, 5.41) is 38.7. The van der Waals surface area contributed by atoms with E-state index in [0.717, 1.165) is 16.4 Å². The molecular weight excluding hydrogens is 446 g/mol. The molecule has 3 N–H and O–H groups in total. The monoisotopic (exact) mass is 467 g/mol.